The van der Waals surface area contributed by atoms with Gasteiger partial charge in [0.2, 0.25) is 0 Å². The van der Waals surface area contributed by atoms with Crippen molar-refractivity contribution >= 4 is 11.7 Å². The fraction of sp³-hybridized carbons (Fsp3) is 0.733. The van der Waals surface area contributed by atoms with Crippen LogP contribution >= 0.6 is 0 Å². The number of rotatable bonds is 2. The number of alkyl halides is 3. The summed E-state index contributed by atoms with van der Waals surface area (Å²) in [4.78, 5) is 16.0. The molecule has 1 fully saturated rings. The van der Waals surface area contributed by atoms with E-state index in [0.29, 0.717) is 31.4 Å². The number of nitrogens with zero attached hydrogens (tertiary/aromatic N) is 1. The fourth-order valence-electron chi connectivity index (χ4n) is 3.34. The minimum Gasteiger partial charge on any atom is -0.465 e. The smallest absolute Gasteiger partial charge is 0.389 e. The fourth-order valence-corrected chi connectivity index (χ4v) is 3.34. The van der Waals surface area contributed by atoms with Gasteiger partial charge in [-0.05, 0) is 37.5 Å². The van der Waals surface area contributed by atoms with E-state index in [0.717, 1.165) is 5.57 Å². The van der Waals surface area contributed by atoms with Crippen molar-refractivity contribution in [3.05, 3.63) is 11.8 Å². The van der Waals surface area contributed by atoms with Crippen molar-refractivity contribution in [2.45, 2.75) is 45.2 Å². The molecule has 2 aliphatic rings. The van der Waals surface area contributed by atoms with Gasteiger partial charge in [-0.1, -0.05) is 12.5 Å². The topological polar surface area (TPSA) is 38.7 Å². The number of esters is 1. The van der Waals surface area contributed by atoms with Crippen molar-refractivity contribution in [2.24, 2.45) is 22.7 Å². The predicted octanol–water partition coefficient (Wildman–Crippen LogP) is 3.89. The van der Waals surface area contributed by atoms with Crippen LogP contribution in [-0.2, 0) is 9.53 Å². The first-order valence-corrected chi connectivity index (χ1v) is 7.21. The number of fused-ring (bicyclic) bond motifs is 2. The summed E-state index contributed by atoms with van der Waals surface area (Å²) < 4.78 is 42.6. The van der Waals surface area contributed by atoms with E-state index in [4.69, 9.17) is 4.74 Å². The zero-order chi connectivity index (χ0) is 15.6. The highest BCUT2D eigenvalue weighted by Gasteiger charge is 2.38. The maximum Gasteiger partial charge on any atom is 0.389 e. The Hall–Kier alpha value is -1.33. The van der Waals surface area contributed by atoms with E-state index in [2.05, 4.69) is 4.99 Å². The lowest BCUT2D eigenvalue weighted by molar-refractivity contribution is -0.146. The Balaban J connectivity index is 2.17. The second-order valence-corrected chi connectivity index (χ2v) is 6.04. The second kappa shape index (κ2) is 6.20. The van der Waals surface area contributed by atoms with E-state index >= 15 is 0 Å². The van der Waals surface area contributed by atoms with Gasteiger partial charge >= 0.3 is 12.1 Å². The van der Waals surface area contributed by atoms with Crippen LogP contribution in [-0.4, -0.2) is 25.0 Å². The highest BCUT2D eigenvalue weighted by molar-refractivity contribution is 6.37. The van der Waals surface area contributed by atoms with Crippen LogP contribution in [0.15, 0.2) is 16.8 Å². The summed E-state index contributed by atoms with van der Waals surface area (Å²) in [5, 5.41) is 0. The maximum atomic E-state index is 12.6. The quantitative estimate of drug-likeness (QED) is 0.726. The number of hydrogen-bond acceptors (Lipinski definition) is 3. The standard InChI is InChI=1S/C15H20F3NO2/c1-9-5-10(7-15(16,17)18)3-4-11-6-12(9)13(19-8-11)14(20)21-2/h8-10,12H,3-7H2,1-2H3. The third-order valence-corrected chi connectivity index (χ3v) is 4.40. The van der Waals surface area contributed by atoms with E-state index in [9.17, 15) is 18.0 Å². The van der Waals surface area contributed by atoms with E-state index in [1.165, 1.54) is 7.11 Å². The van der Waals surface area contributed by atoms with E-state index < -0.39 is 18.6 Å². The molecule has 0 aromatic rings. The van der Waals surface area contributed by atoms with E-state index in [1.54, 1.807) is 6.20 Å². The molecule has 6 heteroatoms. The van der Waals surface area contributed by atoms with Crippen LogP contribution < -0.4 is 0 Å². The molecule has 3 atom stereocenters. The number of ether oxygens (including phenoxy) is 1. The normalized spacial score (nSPS) is 29.9. The van der Waals surface area contributed by atoms with Gasteiger partial charge in [-0.2, -0.15) is 13.2 Å². The van der Waals surface area contributed by atoms with Crippen molar-refractivity contribution in [3.8, 4) is 0 Å². The van der Waals surface area contributed by atoms with Gasteiger partial charge in [0, 0.05) is 18.5 Å². The van der Waals surface area contributed by atoms with Gasteiger partial charge < -0.3 is 4.74 Å². The third kappa shape index (κ3) is 4.08. The summed E-state index contributed by atoms with van der Waals surface area (Å²) in [7, 11) is 1.30. The predicted molar refractivity (Wildman–Crippen MR) is 72.8 cm³/mol. The van der Waals surface area contributed by atoms with Gasteiger partial charge in [-0.15, -0.1) is 0 Å². The molecular weight excluding hydrogens is 283 g/mol. The van der Waals surface area contributed by atoms with Gasteiger partial charge in [0.1, 0.15) is 5.71 Å². The molecular formula is C15H20F3NO2. The number of methoxy groups -OCH3 is 1. The van der Waals surface area contributed by atoms with Gasteiger partial charge in [0.15, 0.2) is 0 Å². The lowest BCUT2D eigenvalue weighted by Gasteiger charge is -2.33. The number of allylic oxidation sites excluding steroid dienone is 1. The van der Waals surface area contributed by atoms with Crippen molar-refractivity contribution in [2.75, 3.05) is 7.11 Å². The monoisotopic (exact) mass is 303 g/mol. The van der Waals surface area contributed by atoms with Crippen LogP contribution in [0.2, 0.25) is 0 Å². The molecule has 0 amide bonds. The van der Waals surface area contributed by atoms with Crippen molar-refractivity contribution in [1.29, 1.82) is 0 Å². The first-order valence-electron chi connectivity index (χ1n) is 7.21. The van der Waals surface area contributed by atoms with Crippen molar-refractivity contribution < 1.29 is 22.7 Å². The molecule has 2 rings (SSSR count). The molecule has 1 heterocycles. The van der Waals surface area contributed by atoms with Crippen molar-refractivity contribution in [1.82, 2.24) is 0 Å². The second-order valence-electron chi connectivity index (χ2n) is 6.04. The molecule has 1 saturated carbocycles. The lowest BCUT2D eigenvalue weighted by Crippen LogP contribution is -2.34. The molecule has 118 valence electrons. The molecule has 0 aromatic carbocycles. The largest absolute Gasteiger partial charge is 0.465 e. The molecule has 3 nitrogen and oxygen atoms in total. The first kappa shape index (κ1) is 16.0. The number of halogens is 3. The molecule has 1 aliphatic carbocycles. The Morgan fingerprint density at radius 1 is 1.48 bits per heavy atom. The molecule has 21 heavy (non-hydrogen) atoms. The number of hydrogen-bond donors (Lipinski definition) is 0. The highest BCUT2D eigenvalue weighted by Crippen LogP contribution is 2.40. The molecule has 0 aromatic heterocycles. The Labute approximate surface area is 122 Å². The SMILES string of the molecule is COC(=O)C1=NC=C2CCC(CC(F)(F)F)CC(C)C1C2. The van der Waals surface area contributed by atoms with Crippen LogP contribution in [0.25, 0.3) is 0 Å². The highest BCUT2D eigenvalue weighted by atomic mass is 19.4. The molecule has 0 N–H and O–H groups in total. The van der Waals surface area contributed by atoms with Crippen LogP contribution in [0.4, 0.5) is 13.2 Å². The minimum atomic E-state index is -4.13. The zero-order valence-electron chi connectivity index (χ0n) is 12.2. The summed E-state index contributed by atoms with van der Waals surface area (Å²) in [5.74, 6) is -1.01. The molecule has 0 spiro atoms. The lowest BCUT2D eigenvalue weighted by atomic mass is 9.73. The summed E-state index contributed by atoms with van der Waals surface area (Å²) in [6, 6.07) is 0. The van der Waals surface area contributed by atoms with Crippen LogP contribution in [0.5, 0.6) is 0 Å². The van der Waals surface area contributed by atoms with Crippen LogP contribution in [0, 0.1) is 17.8 Å². The Morgan fingerprint density at radius 2 is 2.19 bits per heavy atom. The number of aliphatic imine (C=N–C) groups is 1. The van der Waals surface area contributed by atoms with Gasteiger partial charge in [-0.25, -0.2) is 4.79 Å². The number of carbonyl (C=O) groups is 1. The summed E-state index contributed by atoms with van der Waals surface area (Å²) in [5.41, 5.74) is 1.38. The van der Waals surface area contributed by atoms with E-state index in [1.807, 2.05) is 6.92 Å². The van der Waals surface area contributed by atoms with Crippen LogP contribution in [0.3, 0.4) is 0 Å². The minimum absolute atomic E-state index is 0.0146. The molecule has 2 bridgehead atoms. The Bertz CT molecular complexity index is 468. The molecule has 0 saturated heterocycles. The maximum absolute atomic E-state index is 12.6. The Morgan fingerprint density at radius 3 is 2.81 bits per heavy atom. The third-order valence-electron chi connectivity index (χ3n) is 4.40. The molecule has 0 radical (unpaired) electrons. The summed E-state index contributed by atoms with van der Waals surface area (Å²) >= 11 is 0. The van der Waals surface area contributed by atoms with Gasteiger partial charge in [0.25, 0.3) is 0 Å². The average molecular weight is 303 g/mol. The summed E-state index contributed by atoms with van der Waals surface area (Å²) in [6.45, 7) is 1.90. The van der Waals surface area contributed by atoms with Gasteiger partial charge in [-0.3, -0.25) is 4.99 Å². The molecule has 1 aliphatic heterocycles. The number of carbonyl (C=O) groups excluding carboxylic acids is 1. The zero-order valence-corrected chi connectivity index (χ0v) is 12.2. The average Bonchev–Trinajstić information content (AvgIpc) is 2.41. The first-order chi connectivity index (χ1) is 9.80. The van der Waals surface area contributed by atoms with Gasteiger partial charge in [0.05, 0.1) is 7.11 Å². The van der Waals surface area contributed by atoms with Crippen molar-refractivity contribution in [3.63, 3.8) is 0 Å². The van der Waals surface area contributed by atoms with Crippen LogP contribution in [0.1, 0.15) is 39.0 Å². The van der Waals surface area contributed by atoms with E-state index in [-0.39, 0.29) is 17.8 Å². The molecule has 3 unspecified atom stereocenters. The Kier molecular flexibility index (Phi) is 4.74. The summed E-state index contributed by atoms with van der Waals surface area (Å²) in [6.07, 6.45) is -0.922.